The number of hydrogen-bond acceptors (Lipinski definition) is 7. The van der Waals surface area contributed by atoms with Crippen LogP contribution in [0.4, 0.5) is 0 Å². The molecule has 0 fully saturated rings. The third-order valence-corrected chi connectivity index (χ3v) is 4.73. The lowest BCUT2D eigenvalue weighted by molar-refractivity contribution is 0.306. The van der Waals surface area contributed by atoms with E-state index in [2.05, 4.69) is 12.1 Å². The van der Waals surface area contributed by atoms with Crippen LogP contribution in [0.5, 0.6) is 28.7 Å². The molecule has 0 radical (unpaired) electrons. The Hall–Kier alpha value is -3.35. The van der Waals surface area contributed by atoms with E-state index in [-0.39, 0.29) is 0 Å². The van der Waals surface area contributed by atoms with Gasteiger partial charge in [0.2, 0.25) is 11.5 Å². The number of hydrogen-bond donors (Lipinski definition) is 0. The highest BCUT2D eigenvalue weighted by atomic mass is 16.5. The van der Waals surface area contributed by atoms with Gasteiger partial charge in [0, 0.05) is 11.1 Å². The Bertz CT molecular complexity index is 965. The van der Waals surface area contributed by atoms with Gasteiger partial charge < -0.3 is 28.2 Å². The van der Waals surface area contributed by atoms with Crippen molar-refractivity contribution in [2.45, 2.75) is 19.8 Å². The summed E-state index contributed by atoms with van der Waals surface area (Å²) in [5.74, 6) is 3.31. The fourth-order valence-corrected chi connectivity index (χ4v) is 3.21. The summed E-state index contributed by atoms with van der Waals surface area (Å²) < 4.78 is 33.5. The smallest absolute Gasteiger partial charge is 0.207 e. The molecule has 0 unspecified atom stereocenters. The van der Waals surface area contributed by atoms with E-state index >= 15 is 0 Å². The second kappa shape index (κ2) is 9.91. The fraction of sp³-hybridized carbons (Fsp3) is 0.348. The van der Waals surface area contributed by atoms with Gasteiger partial charge in [-0.05, 0) is 36.8 Å². The predicted octanol–water partition coefficient (Wildman–Crippen LogP) is 5.22. The quantitative estimate of drug-likeness (QED) is 0.422. The minimum absolute atomic E-state index is 0.432. The zero-order valence-corrected chi connectivity index (χ0v) is 18.0. The van der Waals surface area contributed by atoms with Crippen LogP contribution in [0.15, 0.2) is 41.1 Å². The largest absolute Gasteiger partial charge is 0.494 e. The molecule has 0 atom stereocenters. The summed E-state index contributed by atoms with van der Waals surface area (Å²) >= 11 is 0. The van der Waals surface area contributed by atoms with Gasteiger partial charge in [-0.3, -0.25) is 0 Å². The number of aromatic nitrogens is 1. The molecule has 1 aromatic heterocycles. The van der Waals surface area contributed by atoms with E-state index in [1.165, 1.54) is 0 Å². The maximum atomic E-state index is 5.74. The molecule has 0 amide bonds. The average Bonchev–Trinajstić information content (AvgIpc) is 3.27. The van der Waals surface area contributed by atoms with Crippen molar-refractivity contribution >= 4 is 0 Å². The van der Waals surface area contributed by atoms with Gasteiger partial charge in [-0.25, -0.2) is 0 Å². The van der Waals surface area contributed by atoms with Crippen molar-refractivity contribution in [3.63, 3.8) is 0 Å². The molecule has 0 spiro atoms. The van der Waals surface area contributed by atoms with E-state index < -0.39 is 0 Å². The number of ether oxygens (including phenoxy) is 5. The van der Waals surface area contributed by atoms with E-state index in [0.717, 1.165) is 29.7 Å². The van der Waals surface area contributed by atoms with E-state index in [9.17, 15) is 0 Å². The van der Waals surface area contributed by atoms with Gasteiger partial charge in [0.05, 0.1) is 46.8 Å². The lowest BCUT2D eigenvalue weighted by Gasteiger charge is -2.18. The maximum absolute atomic E-state index is 5.74. The lowest BCUT2D eigenvalue weighted by Crippen LogP contribution is -2.00. The van der Waals surface area contributed by atoms with Crippen molar-refractivity contribution in [2.75, 3.05) is 35.0 Å². The van der Waals surface area contributed by atoms with Crippen LogP contribution in [0.25, 0.3) is 22.5 Å². The minimum atomic E-state index is 0.432. The molecule has 0 N–H and O–H groups in total. The van der Waals surface area contributed by atoms with Gasteiger partial charge >= 0.3 is 0 Å². The Balaban J connectivity index is 2.04. The molecule has 7 heteroatoms. The Morgan fingerprint density at radius 3 is 2.13 bits per heavy atom. The first-order chi connectivity index (χ1) is 14.7. The molecule has 0 aliphatic heterocycles. The van der Waals surface area contributed by atoms with Gasteiger partial charge in [-0.2, -0.15) is 0 Å². The van der Waals surface area contributed by atoms with Gasteiger partial charge in [0.15, 0.2) is 17.3 Å². The van der Waals surface area contributed by atoms with Gasteiger partial charge in [-0.1, -0.05) is 18.5 Å². The number of methoxy groups -OCH3 is 4. The van der Waals surface area contributed by atoms with Crippen molar-refractivity contribution in [3.05, 3.63) is 36.5 Å². The number of unbranched alkanes of at least 4 members (excludes halogenated alkanes) is 1. The first kappa shape index (κ1) is 21.4. The Morgan fingerprint density at radius 2 is 1.53 bits per heavy atom. The SMILES string of the molecule is CCCCOc1ccc(-c2oncc2-c2cc(OC)c(OC)c(OC)c2OC)cc1. The number of rotatable bonds is 10. The zero-order valence-electron chi connectivity index (χ0n) is 18.0. The highest BCUT2D eigenvalue weighted by molar-refractivity contribution is 5.86. The van der Waals surface area contributed by atoms with Crippen LogP contribution in [0.1, 0.15) is 19.8 Å². The third-order valence-electron chi connectivity index (χ3n) is 4.73. The molecule has 0 aliphatic carbocycles. The summed E-state index contributed by atoms with van der Waals surface area (Å²) in [6, 6.07) is 9.54. The Kier molecular flexibility index (Phi) is 7.06. The van der Waals surface area contributed by atoms with E-state index in [1.807, 2.05) is 30.3 Å². The number of benzene rings is 2. The molecule has 0 saturated heterocycles. The molecule has 2 aromatic carbocycles. The topological polar surface area (TPSA) is 72.2 Å². The molecule has 1 heterocycles. The minimum Gasteiger partial charge on any atom is -0.494 e. The van der Waals surface area contributed by atoms with Crippen LogP contribution >= 0.6 is 0 Å². The summed E-state index contributed by atoms with van der Waals surface area (Å²) in [5.41, 5.74) is 2.32. The highest BCUT2D eigenvalue weighted by Crippen LogP contribution is 2.51. The first-order valence-electron chi connectivity index (χ1n) is 9.73. The second-order valence-corrected chi connectivity index (χ2v) is 6.52. The summed E-state index contributed by atoms with van der Waals surface area (Å²) in [6.07, 6.45) is 3.76. The summed E-state index contributed by atoms with van der Waals surface area (Å²) in [5, 5.41) is 4.01. The van der Waals surface area contributed by atoms with E-state index in [1.54, 1.807) is 34.6 Å². The van der Waals surface area contributed by atoms with E-state index in [4.69, 9.17) is 28.2 Å². The zero-order chi connectivity index (χ0) is 21.5. The molecular formula is C23H27NO6. The molecule has 3 aromatic rings. The monoisotopic (exact) mass is 413 g/mol. The van der Waals surface area contributed by atoms with Crippen LogP contribution in [0.3, 0.4) is 0 Å². The predicted molar refractivity (Wildman–Crippen MR) is 114 cm³/mol. The van der Waals surface area contributed by atoms with Gasteiger partial charge in [-0.15, -0.1) is 0 Å². The molecule has 0 aliphatic rings. The van der Waals surface area contributed by atoms with Crippen molar-refractivity contribution in [2.24, 2.45) is 0 Å². The summed E-state index contributed by atoms with van der Waals surface area (Å²) in [4.78, 5) is 0. The summed E-state index contributed by atoms with van der Waals surface area (Å²) in [7, 11) is 6.24. The van der Waals surface area contributed by atoms with Crippen molar-refractivity contribution in [3.8, 4) is 51.2 Å². The average molecular weight is 413 g/mol. The second-order valence-electron chi connectivity index (χ2n) is 6.52. The third kappa shape index (κ3) is 4.15. The Labute approximate surface area is 176 Å². The standard InChI is InChI=1S/C23H27NO6/c1-6-7-12-29-16-10-8-15(9-11-16)20-18(14-24-30-20)17-13-19(25-2)22(27-4)23(28-5)21(17)26-3/h8-11,13-14H,6-7,12H2,1-5H3. The molecule has 0 bridgehead atoms. The van der Waals surface area contributed by atoms with Crippen molar-refractivity contribution in [1.29, 1.82) is 0 Å². The molecule has 30 heavy (non-hydrogen) atoms. The Morgan fingerprint density at radius 1 is 0.833 bits per heavy atom. The summed E-state index contributed by atoms with van der Waals surface area (Å²) in [6.45, 7) is 2.83. The molecular weight excluding hydrogens is 386 g/mol. The van der Waals surface area contributed by atoms with Crippen LogP contribution in [0, 0.1) is 0 Å². The van der Waals surface area contributed by atoms with E-state index in [0.29, 0.717) is 40.9 Å². The molecule has 3 rings (SSSR count). The van der Waals surface area contributed by atoms with Gasteiger partial charge in [0.1, 0.15) is 5.75 Å². The molecule has 160 valence electrons. The maximum Gasteiger partial charge on any atom is 0.207 e. The van der Waals surface area contributed by atoms with Crippen molar-refractivity contribution in [1.82, 2.24) is 5.16 Å². The first-order valence-corrected chi connectivity index (χ1v) is 9.73. The number of nitrogens with zero attached hydrogens (tertiary/aromatic N) is 1. The van der Waals surface area contributed by atoms with Crippen molar-refractivity contribution < 1.29 is 28.2 Å². The molecule has 7 nitrogen and oxygen atoms in total. The van der Waals surface area contributed by atoms with Crippen LogP contribution < -0.4 is 23.7 Å². The molecule has 0 saturated carbocycles. The highest BCUT2D eigenvalue weighted by Gasteiger charge is 2.25. The van der Waals surface area contributed by atoms with Gasteiger partial charge in [0.25, 0.3) is 0 Å². The lowest BCUT2D eigenvalue weighted by atomic mass is 10.00. The fourth-order valence-electron chi connectivity index (χ4n) is 3.21. The van der Waals surface area contributed by atoms with Crippen LogP contribution in [-0.4, -0.2) is 40.2 Å². The normalized spacial score (nSPS) is 10.6. The van der Waals surface area contributed by atoms with Crippen LogP contribution in [-0.2, 0) is 0 Å². The van der Waals surface area contributed by atoms with Crippen LogP contribution in [0.2, 0.25) is 0 Å².